The molecule has 1 aliphatic rings. The Labute approximate surface area is 197 Å². The first-order valence-electron chi connectivity index (χ1n) is 11.2. The van der Waals surface area contributed by atoms with Gasteiger partial charge >= 0.3 is 5.97 Å². The summed E-state index contributed by atoms with van der Waals surface area (Å²) in [5.74, 6) is -0.147. The minimum Gasteiger partial charge on any atom is -0.463 e. The SMILES string of the molecule is CC(=O)OC[C@H]1O[C@@H](O[Si](C)(C)C(C)(C)C(C)C)[C@H](N=[N+]=[N-])[C@@H](OCc2ccccc2)[C@@H]1O. The van der Waals surface area contributed by atoms with Gasteiger partial charge in [-0.15, -0.1) is 0 Å². The van der Waals surface area contributed by atoms with Crippen molar-refractivity contribution in [2.75, 3.05) is 6.61 Å². The van der Waals surface area contributed by atoms with E-state index in [0.717, 1.165) is 5.56 Å². The van der Waals surface area contributed by atoms with E-state index in [1.54, 1.807) is 0 Å². The largest absolute Gasteiger partial charge is 0.463 e. The number of aliphatic hydroxyl groups is 1. The number of rotatable bonds is 10. The van der Waals surface area contributed by atoms with E-state index >= 15 is 0 Å². The molecule has 1 aromatic carbocycles. The highest BCUT2D eigenvalue weighted by molar-refractivity contribution is 6.74. The predicted octanol–water partition coefficient (Wildman–Crippen LogP) is 4.56. The van der Waals surface area contributed by atoms with Gasteiger partial charge in [-0.3, -0.25) is 4.79 Å². The standard InChI is InChI=1S/C23H37N3O6Si/c1-15(2)23(4,5)33(6,7)32-22-19(25-26-24)21(30-13-17-11-9-8-10-12-17)20(28)18(31-22)14-29-16(3)27/h8-12,15,18-22,28H,13-14H2,1-7H3/t18-,19-,20-,21-,22+/m1/s1. The summed E-state index contributed by atoms with van der Waals surface area (Å²) in [5.41, 5.74) is 10.2. The predicted molar refractivity (Wildman–Crippen MR) is 127 cm³/mol. The van der Waals surface area contributed by atoms with E-state index in [4.69, 9.17) is 18.6 Å². The first-order chi connectivity index (χ1) is 15.4. The van der Waals surface area contributed by atoms with Gasteiger partial charge in [0.2, 0.25) is 0 Å². The van der Waals surface area contributed by atoms with Crippen LogP contribution in [0.2, 0.25) is 18.1 Å². The average Bonchev–Trinajstić information content (AvgIpc) is 2.74. The van der Waals surface area contributed by atoms with Crippen molar-refractivity contribution >= 4 is 14.3 Å². The molecule has 1 saturated heterocycles. The number of ether oxygens (including phenoxy) is 3. The summed E-state index contributed by atoms with van der Waals surface area (Å²) < 4.78 is 23.8. The van der Waals surface area contributed by atoms with Crippen LogP contribution in [-0.2, 0) is 30.0 Å². The summed E-state index contributed by atoms with van der Waals surface area (Å²) in [5, 5.41) is 14.8. The van der Waals surface area contributed by atoms with Crippen molar-refractivity contribution in [3.63, 3.8) is 0 Å². The minimum absolute atomic E-state index is 0.126. The summed E-state index contributed by atoms with van der Waals surface area (Å²) in [6.45, 7) is 14.1. The lowest BCUT2D eigenvalue weighted by Crippen LogP contribution is -2.62. The number of esters is 1. The Morgan fingerprint density at radius 3 is 2.48 bits per heavy atom. The van der Waals surface area contributed by atoms with E-state index in [1.807, 2.05) is 30.3 Å². The van der Waals surface area contributed by atoms with Crippen LogP contribution in [0.4, 0.5) is 0 Å². The number of carbonyl (C=O) groups is 1. The second kappa shape index (κ2) is 11.5. The van der Waals surface area contributed by atoms with Crippen molar-refractivity contribution in [1.29, 1.82) is 0 Å². The molecule has 184 valence electrons. The molecule has 1 aromatic rings. The maximum Gasteiger partial charge on any atom is 0.302 e. The number of azide groups is 1. The molecule has 10 heteroatoms. The molecule has 1 aliphatic heterocycles. The van der Waals surface area contributed by atoms with Gasteiger partial charge in [-0.25, -0.2) is 0 Å². The van der Waals surface area contributed by atoms with Crippen LogP contribution in [0.3, 0.4) is 0 Å². The highest BCUT2D eigenvalue weighted by Gasteiger charge is 2.51. The zero-order valence-corrected chi connectivity index (χ0v) is 21.6. The number of hydrogen-bond donors (Lipinski definition) is 1. The lowest BCUT2D eigenvalue weighted by Gasteiger charge is -2.49. The smallest absolute Gasteiger partial charge is 0.302 e. The molecule has 33 heavy (non-hydrogen) atoms. The van der Waals surface area contributed by atoms with Crippen molar-refractivity contribution in [3.05, 3.63) is 46.3 Å². The summed E-state index contributed by atoms with van der Waals surface area (Å²) in [6.07, 6.45) is -3.94. The van der Waals surface area contributed by atoms with E-state index in [0.29, 0.717) is 5.92 Å². The van der Waals surface area contributed by atoms with Crippen molar-refractivity contribution < 1.29 is 28.5 Å². The lowest BCUT2D eigenvalue weighted by atomic mass is 9.97. The van der Waals surface area contributed by atoms with Gasteiger partial charge in [0.1, 0.15) is 24.9 Å². The van der Waals surface area contributed by atoms with Crippen LogP contribution in [0.1, 0.15) is 40.2 Å². The average molecular weight is 480 g/mol. The van der Waals surface area contributed by atoms with Crippen LogP contribution in [-0.4, -0.2) is 56.6 Å². The second-order valence-electron chi connectivity index (χ2n) is 9.80. The van der Waals surface area contributed by atoms with Gasteiger partial charge in [0, 0.05) is 11.8 Å². The Hall–Kier alpha value is -1.94. The second-order valence-corrected chi connectivity index (χ2v) is 14.3. The van der Waals surface area contributed by atoms with E-state index < -0.39 is 44.9 Å². The number of aliphatic hydroxyl groups excluding tert-OH is 1. The molecule has 1 heterocycles. The molecule has 9 nitrogen and oxygen atoms in total. The monoisotopic (exact) mass is 479 g/mol. The zero-order valence-electron chi connectivity index (χ0n) is 20.6. The lowest BCUT2D eigenvalue weighted by molar-refractivity contribution is -0.255. The van der Waals surface area contributed by atoms with Crippen LogP contribution in [0, 0.1) is 5.92 Å². The van der Waals surface area contributed by atoms with Crippen LogP contribution >= 0.6 is 0 Å². The van der Waals surface area contributed by atoms with Crippen molar-refractivity contribution in [3.8, 4) is 0 Å². The summed E-state index contributed by atoms with van der Waals surface area (Å²) in [6, 6.07) is 8.57. The summed E-state index contributed by atoms with van der Waals surface area (Å²) in [4.78, 5) is 14.4. The van der Waals surface area contributed by atoms with Gasteiger partial charge in [-0.1, -0.05) is 63.1 Å². The van der Waals surface area contributed by atoms with E-state index in [2.05, 4.69) is 50.8 Å². The number of benzene rings is 1. The Morgan fingerprint density at radius 2 is 1.94 bits per heavy atom. The maximum absolute atomic E-state index is 11.4. The number of hydrogen-bond acceptors (Lipinski definition) is 7. The summed E-state index contributed by atoms with van der Waals surface area (Å²) in [7, 11) is -2.42. The highest BCUT2D eigenvalue weighted by atomic mass is 28.4. The van der Waals surface area contributed by atoms with E-state index in [-0.39, 0.29) is 18.3 Å². The maximum atomic E-state index is 11.4. The Balaban J connectivity index is 2.36. The van der Waals surface area contributed by atoms with Crippen molar-refractivity contribution in [2.45, 2.75) is 90.0 Å². The van der Waals surface area contributed by atoms with Crippen LogP contribution in [0.25, 0.3) is 10.4 Å². The van der Waals surface area contributed by atoms with Gasteiger partial charge in [0.05, 0.1) is 12.7 Å². The van der Waals surface area contributed by atoms with Crippen LogP contribution in [0.5, 0.6) is 0 Å². The topological polar surface area (TPSA) is 123 Å². The molecule has 5 atom stereocenters. The normalized spacial score (nSPS) is 26.0. The minimum atomic E-state index is -2.42. The fourth-order valence-corrected chi connectivity index (χ4v) is 6.09. The highest BCUT2D eigenvalue weighted by Crippen LogP contribution is 2.46. The molecule has 0 amide bonds. The molecule has 1 N–H and O–H groups in total. The quantitative estimate of drug-likeness (QED) is 0.173. The molecule has 0 aliphatic carbocycles. The number of carbonyl (C=O) groups excluding carboxylic acids is 1. The molecule has 0 unspecified atom stereocenters. The van der Waals surface area contributed by atoms with Crippen LogP contribution in [0.15, 0.2) is 35.4 Å². The molecular weight excluding hydrogens is 442 g/mol. The molecule has 0 bridgehead atoms. The summed E-state index contributed by atoms with van der Waals surface area (Å²) >= 11 is 0. The van der Waals surface area contributed by atoms with E-state index in [9.17, 15) is 15.4 Å². The Kier molecular flexibility index (Phi) is 9.48. The third kappa shape index (κ3) is 6.78. The molecule has 0 aromatic heterocycles. The molecule has 0 spiro atoms. The Bertz CT molecular complexity index is 829. The molecule has 2 rings (SSSR count). The van der Waals surface area contributed by atoms with Crippen LogP contribution < -0.4 is 0 Å². The molecule has 0 radical (unpaired) electrons. The Morgan fingerprint density at radius 1 is 1.30 bits per heavy atom. The third-order valence-corrected chi connectivity index (χ3v) is 11.5. The zero-order chi connectivity index (χ0) is 24.8. The van der Waals surface area contributed by atoms with Crippen molar-refractivity contribution in [1.82, 2.24) is 0 Å². The first-order valence-corrected chi connectivity index (χ1v) is 14.2. The first kappa shape index (κ1) is 27.3. The third-order valence-electron chi connectivity index (χ3n) is 6.97. The van der Waals surface area contributed by atoms with Gasteiger partial charge in [-0.2, -0.15) is 0 Å². The van der Waals surface area contributed by atoms with Gasteiger partial charge in [0.15, 0.2) is 14.6 Å². The van der Waals surface area contributed by atoms with Gasteiger partial charge in [-0.05, 0) is 35.1 Å². The van der Waals surface area contributed by atoms with E-state index in [1.165, 1.54) is 6.92 Å². The molecular formula is C23H37N3O6Si. The molecule has 0 saturated carbocycles. The van der Waals surface area contributed by atoms with Gasteiger partial charge < -0.3 is 23.7 Å². The van der Waals surface area contributed by atoms with Gasteiger partial charge in [0.25, 0.3) is 0 Å². The number of nitrogens with zero attached hydrogens (tertiary/aromatic N) is 3. The van der Waals surface area contributed by atoms with Crippen molar-refractivity contribution in [2.24, 2.45) is 11.0 Å². The fourth-order valence-electron chi connectivity index (χ4n) is 3.62. The molecule has 1 fully saturated rings. The fraction of sp³-hybridized carbons (Fsp3) is 0.696.